The van der Waals surface area contributed by atoms with Gasteiger partial charge < -0.3 is 24.8 Å². The summed E-state index contributed by atoms with van der Waals surface area (Å²) in [7, 11) is 0.750. The quantitative estimate of drug-likeness (QED) is 0.279. The summed E-state index contributed by atoms with van der Waals surface area (Å²) in [5.74, 6) is 0. The van der Waals surface area contributed by atoms with Crippen LogP contribution in [0.3, 0.4) is 0 Å². The van der Waals surface area contributed by atoms with Gasteiger partial charge in [0.25, 0.3) is 0 Å². The molecule has 0 nitrogen and oxygen atoms in total. The normalized spacial score (nSPS) is 8.36. The molecule has 0 aliphatic carbocycles. The number of benzene rings is 2. The molecule has 143 valence electrons. The van der Waals surface area contributed by atoms with E-state index in [2.05, 4.69) is 110 Å². The van der Waals surface area contributed by atoms with Crippen molar-refractivity contribution in [2.24, 2.45) is 0 Å². The summed E-state index contributed by atoms with van der Waals surface area (Å²) in [5.41, 5.74) is 5.17. The average Bonchev–Trinajstić information content (AvgIpc) is 3.39. The molecule has 0 aliphatic heterocycles. The Morgan fingerprint density at radius 2 is 0.750 bits per heavy atom. The molecule has 4 heteroatoms. The van der Waals surface area contributed by atoms with Gasteiger partial charge in [-0.05, 0) is 0 Å². The van der Waals surface area contributed by atoms with Gasteiger partial charge in [0.05, 0.1) is 0 Å². The Balaban J connectivity index is 0. The van der Waals surface area contributed by atoms with Crippen molar-refractivity contribution in [1.82, 2.24) is 0 Å². The Kier molecular flexibility index (Phi) is 18.5. The summed E-state index contributed by atoms with van der Waals surface area (Å²) < 4.78 is 0. The fraction of sp³-hybridized carbons (Fsp3) is 0.0833. The number of halogens is 2. The first-order valence-corrected chi connectivity index (χ1v) is 10.9. The zero-order valence-corrected chi connectivity index (χ0v) is 21.4. The molecule has 0 N–H and O–H groups in total. The molecule has 28 heavy (non-hydrogen) atoms. The molecule has 0 saturated heterocycles. The van der Waals surface area contributed by atoms with E-state index in [-0.39, 0.29) is 51.0 Å². The second-order valence-corrected chi connectivity index (χ2v) is 6.81. The van der Waals surface area contributed by atoms with Crippen molar-refractivity contribution in [2.75, 3.05) is 0 Å². The van der Waals surface area contributed by atoms with Gasteiger partial charge >= 0.3 is 26.2 Å². The van der Waals surface area contributed by atoms with Crippen LogP contribution in [0, 0.1) is 0 Å². The molecule has 0 amide bonds. The first-order chi connectivity index (χ1) is 12.3. The maximum absolute atomic E-state index is 2.21. The Morgan fingerprint density at radius 3 is 1.00 bits per heavy atom. The largest absolute Gasteiger partial charge is 4.00 e. The predicted molar refractivity (Wildman–Crippen MR) is 114 cm³/mol. The van der Waals surface area contributed by atoms with Crippen LogP contribution in [0.5, 0.6) is 0 Å². The first-order valence-electron chi connectivity index (χ1n) is 8.63. The molecule has 0 bridgehead atoms. The summed E-state index contributed by atoms with van der Waals surface area (Å²) in [6.07, 6.45) is 0. The molecule has 0 aromatic heterocycles. The molecular weight excluding hydrogens is 478 g/mol. The van der Waals surface area contributed by atoms with Crippen molar-refractivity contribution in [2.45, 2.75) is 13.1 Å². The van der Waals surface area contributed by atoms with Crippen LogP contribution in [0.1, 0.15) is 0 Å². The minimum absolute atomic E-state index is 0. The molecule has 4 aromatic carbocycles. The van der Waals surface area contributed by atoms with E-state index in [1.54, 1.807) is 0 Å². The molecule has 0 saturated carbocycles. The van der Waals surface area contributed by atoms with Gasteiger partial charge in [-0.15, -0.1) is 59.7 Å². The second kappa shape index (κ2) is 17.9. The van der Waals surface area contributed by atoms with Gasteiger partial charge in [-0.1, -0.05) is 60.6 Å². The van der Waals surface area contributed by atoms with Crippen molar-refractivity contribution in [1.29, 1.82) is 0 Å². The summed E-state index contributed by atoms with van der Waals surface area (Å²) in [6.45, 7) is 4.42. The molecule has 0 fully saturated rings. The Bertz CT molecular complexity index is 714. The van der Waals surface area contributed by atoms with Crippen LogP contribution in [-0.4, -0.2) is 9.52 Å². The van der Waals surface area contributed by atoms with Crippen molar-refractivity contribution in [3.05, 3.63) is 109 Å². The minimum Gasteiger partial charge on any atom is -1.00 e. The van der Waals surface area contributed by atoms with Crippen LogP contribution in [0.25, 0.3) is 22.3 Å². The van der Waals surface area contributed by atoms with E-state index in [9.17, 15) is 0 Å². The van der Waals surface area contributed by atoms with Gasteiger partial charge in [0.15, 0.2) is 0 Å². The average molecular weight is 504 g/mol. The fourth-order valence-electron chi connectivity index (χ4n) is 2.39. The van der Waals surface area contributed by atoms with Gasteiger partial charge in [0.2, 0.25) is 0 Å². The Morgan fingerprint density at radius 1 is 0.500 bits per heavy atom. The third-order valence-corrected chi connectivity index (χ3v) is 3.54. The molecule has 1 radical (unpaired) electrons. The third kappa shape index (κ3) is 10.4. The number of rotatable bonds is 2. The molecule has 0 aliphatic rings. The minimum atomic E-state index is 0. The number of hydrogen-bond acceptors (Lipinski definition) is 0. The van der Waals surface area contributed by atoms with Gasteiger partial charge in [0.1, 0.15) is 0 Å². The molecule has 4 rings (SSSR count). The van der Waals surface area contributed by atoms with Crippen LogP contribution in [0.2, 0.25) is 13.1 Å². The van der Waals surface area contributed by atoms with Gasteiger partial charge in [-0.2, -0.15) is 24.3 Å². The topological polar surface area (TPSA) is 0 Å². The predicted octanol–water partition coefficient (Wildman–Crippen LogP) is 0.670. The van der Waals surface area contributed by atoms with Crippen LogP contribution in [0.15, 0.2) is 109 Å². The van der Waals surface area contributed by atoms with Crippen molar-refractivity contribution >= 4 is 9.52 Å². The van der Waals surface area contributed by atoms with E-state index >= 15 is 0 Å². The number of hydrogen-bond donors (Lipinski definition) is 0. The summed E-state index contributed by atoms with van der Waals surface area (Å²) in [4.78, 5) is 0. The van der Waals surface area contributed by atoms with Gasteiger partial charge in [0, 0.05) is 9.52 Å². The van der Waals surface area contributed by atoms with E-state index in [4.69, 9.17) is 0 Å². The third-order valence-electron chi connectivity index (χ3n) is 3.54. The fourth-order valence-corrected chi connectivity index (χ4v) is 2.39. The van der Waals surface area contributed by atoms with Crippen molar-refractivity contribution in [3.63, 3.8) is 0 Å². The maximum Gasteiger partial charge on any atom is 4.00 e. The summed E-state index contributed by atoms with van der Waals surface area (Å²) >= 11 is 0. The van der Waals surface area contributed by atoms with E-state index in [1.165, 1.54) is 22.3 Å². The van der Waals surface area contributed by atoms with Crippen LogP contribution in [-0.2, 0) is 26.2 Å². The molecular formula is C24H25Cl2SiZr. The van der Waals surface area contributed by atoms with Crippen molar-refractivity contribution in [3.8, 4) is 22.3 Å². The molecule has 0 atom stereocenters. The second-order valence-electron chi connectivity index (χ2n) is 5.66. The van der Waals surface area contributed by atoms with Crippen LogP contribution < -0.4 is 24.8 Å². The summed E-state index contributed by atoms with van der Waals surface area (Å²) in [5, 5.41) is 0. The first kappa shape index (κ1) is 29.0. The molecule has 0 spiro atoms. The van der Waals surface area contributed by atoms with Gasteiger partial charge in [-0.25, -0.2) is 0 Å². The maximum atomic E-state index is 2.21. The van der Waals surface area contributed by atoms with E-state index in [0.29, 0.717) is 0 Å². The summed E-state index contributed by atoms with van der Waals surface area (Å²) in [6, 6.07) is 37.5. The van der Waals surface area contributed by atoms with Gasteiger partial charge in [-0.3, -0.25) is 0 Å². The van der Waals surface area contributed by atoms with Crippen LogP contribution >= 0.6 is 0 Å². The SMILES string of the molecule is C[SiH]C.[Cl-].[Cl-].[Zr+4].c1ccc(-[c-]2cccc2)cc1.c1ccc(-[c-]2cccc2)cc1. The Hall–Kier alpha value is -1.18. The van der Waals surface area contributed by atoms with E-state index in [1.807, 2.05) is 12.1 Å². The smallest absolute Gasteiger partial charge is 1.00 e. The monoisotopic (exact) mass is 501 g/mol. The standard InChI is InChI=1S/2C11H9.C2H7Si.2ClH.Zr/c2*1-2-6-10(7-3-1)11-8-4-5-9-11;1-3-2;;;/h2*1-9H;3H,1-2H3;2*1H;/q2*-1;;;;+4/p-2. The molecule has 4 aromatic rings. The molecule has 0 unspecified atom stereocenters. The zero-order chi connectivity index (χ0) is 17.7. The van der Waals surface area contributed by atoms with Crippen molar-refractivity contribution < 1.29 is 51.0 Å². The zero-order valence-electron chi connectivity index (χ0n) is 16.2. The van der Waals surface area contributed by atoms with Crippen LogP contribution in [0.4, 0.5) is 0 Å². The van der Waals surface area contributed by atoms with E-state index in [0.717, 1.165) is 9.52 Å². The molecule has 0 heterocycles. The Labute approximate surface area is 203 Å². The van der Waals surface area contributed by atoms with E-state index < -0.39 is 0 Å².